The molecule has 32 heavy (non-hydrogen) atoms. The summed E-state index contributed by atoms with van der Waals surface area (Å²) in [5.74, 6) is -1.15. The molecule has 0 bridgehead atoms. The van der Waals surface area contributed by atoms with Gasteiger partial charge in [-0.25, -0.2) is 13.2 Å². The summed E-state index contributed by atoms with van der Waals surface area (Å²) in [6, 6.07) is 15.6. The Morgan fingerprint density at radius 2 is 1.44 bits per heavy atom. The molecule has 3 aromatic carbocycles. The molecule has 3 heteroatoms. The van der Waals surface area contributed by atoms with E-state index in [-0.39, 0.29) is 11.4 Å². The molecule has 4 rings (SSSR count). The van der Waals surface area contributed by atoms with Crippen LogP contribution in [0, 0.1) is 23.4 Å². The van der Waals surface area contributed by atoms with Crippen LogP contribution in [-0.2, 0) is 6.42 Å². The average molecular weight is 435 g/mol. The minimum Gasteiger partial charge on any atom is -0.206 e. The van der Waals surface area contributed by atoms with Crippen LogP contribution in [0.25, 0.3) is 27.8 Å². The van der Waals surface area contributed by atoms with Gasteiger partial charge in [0.15, 0.2) is 11.6 Å². The van der Waals surface area contributed by atoms with Gasteiger partial charge in [0.25, 0.3) is 0 Å². The third-order valence-electron chi connectivity index (χ3n) is 6.61. The molecular formula is C29H29F3. The van der Waals surface area contributed by atoms with Crippen LogP contribution in [0.3, 0.4) is 0 Å². The maximum Gasteiger partial charge on any atom is 0.166 e. The summed E-state index contributed by atoms with van der Waals surface area (Å²) in [6.45, 7) is 4.01. The van der Waals surface area contributed by atoms with Crippen LogP contribution < -0.4 is 0 Å². The number of halogens is 3. The molecule has 0 nitrogen and oxygen atoms in total. The number of hydrogen-bond acceptors (Lipinski definition) is 0. The second kappa shape index (κ2) is 9.77. The monoisotopic (exact) mass is 434 g/mol. The summed E-state index contributed by atoms with van der Waals surface area (Å²) in [4.78, 5) is 0. The topological polar surface area (TPSA) is 0 Å². The van der Waals surface area contributed by atoms with Crippen LogP contribution >= 0.6 is 0 Å². The van der Waals surface area contributed by atoms with E-state index in [4.69, 9.17) is 0 Å². The van der Waals surface area contributed by atoms with E-state index in [1.54, 1.807) is 49.4 Å². The highest BCUT2D eigenvalue weighted by Crippen LogP contribution is 2.35. The zero-order valence-corrected chi connectivity index (χ0v) is 18.7. The van der Waals surface area contributed by atoms with Crippen LogP contribution in [0.15, 0.2) is 60.7 Å². The molecule has 0 saturated carbocycles. The maximum absolute atomic E-state index is 15.0. The highest BCUT2D eigenvalue weighted by molar-refractivity contribution is 5.74. The normalized spacial score (nSPS) is 16.2. The number of aryl methyl sites for hydroxylation is 1. The molecular weight excluding hydrogens is 405 g/mol. The first-order valence-corrected chi connectivity index (χ1v) is 11.6. The van der Waals surface area contributed by atoms with Crippen molar-refractivity contribution < 1.29 is 13.2 Å². The molecule has 1 aliphatic rings. The maximum atomic E-state index is 15.0. The van der Waals surface area contributed by atoms with Crippen LogP contribution in [0.2, 0.25) is 0 Å². The molecule has 0 aromatic heterocycles. The van der Waals surface area contributed by atoms with Gasteiger partial charge in [0.2, 0.25) is 0 Å². The van der Waals surface area contributed by atoms with Crippen molar-refractivity contribution in [3.63, 3.8) is 0 Å². The van der Waals surface area contributed by atoms with Crippen molar-refractivity contribution in [1.29, 1.82) is 0 Å². The van der Waals surface area contributed by atoms with Gasteiger partial charge in [-0.15, -0.1) is 0 Å². The van der Waals surface area contributed by atoms with E-state index in [9.17, 15) is 13.2 Å². The van der Waals surface area contributed by atoms with Crippen molar-refractivity contribution >= 4 is 5.57 Å². The Morgan fingerprint density at radius 3 is 2.03 bits per heavy atom. The zero-order chi connectivity index (χ0) is 22.7. The summed E-state index contributed by atoms with van der Waals surface area (Å²) in [7, 11) is 0. The first kappa shape index (κ1) is 22.4. The Balaban J connectivity index is 1.56. The van der Waals surface area contributed by atoms with Crippen LogP contribution in [0.1, 0.15) is 57.1 Å². The highest BCUT2D eigenvalue weighted by Gasteiger charge is 2.17. The smallest absolute Gasteiger partial charge is 0.166 e. The van der Waals surface area contributed by atoms with Gasteiger partial charge in [-0.1, -0.05) is 81.3 Å². The molecule has 1 atom stereocenters. The third kappa shape index (κ3) is 4.53. The quantitative estimate of drug-likeness (QED) is 0.363. The van der Waals surface area contributed by atoms with Crippen LogP contribution in [0.4, 0.5) is 13.2 Å². The first-order valence-electron chi connectivity index (χ1n) is 11.6. The molecule has 0 N–H and O–H groups in total. The Labute approximate surface area is 188 Å². The van der Waals surface area contributed by atoms with E-state index < -0.39 is 11.6 Å². The van der Waals surface area contributed by atoms with Gasteiger partial charge in [-0.05, 0) is 65.5 Å². The molecule has 1 unspecified atom stereocenters. The summed E-state index contributed by atoms with van der Waals surface area (Å²) < 4.78 is 43.6. The molecule has 0 aliphatic heterocycles. The fraction of sp³-hybridized carbons (Fsp3) is 0.310. The lowest BCUT2D eigenvalue weighted by Gasteiger charge is -2.22. The van der Waals surface area contributed by atoms with E-state index in [1.165, 1.54) is 24.8 Å². The second-order valence-corrected chi connectivity index (χ2v) is 8.68. The number of rotatable bonds is 6. The summed E-state index contributed by atoms with van der Waals surface area (Å²) in [5.41, 5.74) is 4.54. The van der Waals surface area contributed by atoms with Gasteiger partial charge in [0.05, 0.1) is 0 Å². The van der Waals surface area contributed by atoms with Gasteiger partial charge < -0.3 is 0 Å². The summed E-state index contributed by atoms with van der Waals surface area (Å²) in [5, 5.41) is 0. The molecule has 3 aromatic rings. The van der Waals surface area contributed by atoms with Crippen molar-refractivity contribution in [2.45, 2.75) is 52.4 Å². The lowest BCUT2D eigenvalue weighted by molar-refractivity contribution is 0.445. The predicted molar refractivity (Wildman–Crippen MR) is 127 cm³/mol. The Kier molecular flexibility index (Phi) is 6.83. The average Bonchev–Trinajstić information content (AvgIpc) is 2.82. The second-order valence-electron chi connectivity index (χ2n) is 8.68. The molecule has 0 radical (unpaired) electrons. The van der Waals surface area contributed by atoms with E-state index >= 15 is 0 Å². The van der Waals surface area contributed by atoms with Crippen molar-refractivity contribution in [3.8, 4) is 22.3 Å². The lowest BCUT2D eigenvalue weighted by Crippen LogP contribution is -2.05. The van der Waals surface area contributed by atoms with Gasteiger partial charge >= 0.3 is 0 Å². The highest BCUT2D eigenvalue weighted by atomic mass is 19.2. The summed E-state index contributed by atoms with van der Waals surface area (Å²) in [6.07, 6.45) is 8.41. The molecule has 0 heterocycles. The SMILES string of the molecule is CCCC1CC=C(c2ccc(-c3ccc(-c4ccc(CC)c(F)c4F)cc3)c(F)c2)CC1. The van der Waals surface area contributed by atoms with Crippen molar-refractivity contribution in [1.82, 2.24) is 0 Å². The van der Waals surface area contributed by atoms with E-state index in [0.29, 0.717) is 28.7 Å². The van der Waals surface area contributed by atoms with E-state index in [2.05, 4.69) is 13.0 Å². The molecule has 0 saturated heterocycles. The first-order chi connectivity index (χ1) is 15.5. The number of hydrogen-bond donors (Lipinski definition) is 0. The van der Waals surface area contributed by atoms with Crippen molar-refractivity contribution in [3.05, 3.63) is 89.3 Å². The van der Waals surface area contributed by atoms with E-state index in [0.717, 1.165) is 24.3 Å². The van der Waals surface area contributed by atoms with Crippen LogP contribution in [-0.4, -0.2) is 0 Å². The minimum absolute atomic E-state index is 0.215. The van der Waals surface area contributed by atoms with E-state index in [1.807, 2.05) is 12.1 Å². The van der Waals surface area contributed by atoms with Gasteiger partial charge in [0.1, 0.15) is 5.82 Å². The molecule has 0 fully saturated rings. The van der Waals surface area contributed by atoms with Gasteiger partial charge in [-0.3, -0.25) is 0 Å². The van der Waals surface area contributed by atoms with Crippen molar-refractivity contribution in [2.24, 2.45) is 5.92 Å². The molecule has 0 amide bonds. The molecule has 0 spiro atoms. The van der Waals surface area contributed by atoms with Gasteiger partial charge in [0, 0.05) is 11.1 Å². The van der Waals surface area contributed by atoms with Gasteiger partial charge in [-0.2, -0.15) is 0 Å². The molecule has 1 aliphatic carbocycles. The standard InChI is InChI=1S/C29H29F3/c1-3-5-19-6-8-21(9-7-19)24-15-16-25(27(30)18-24)22-10-12-23(13-11-22)26-17-14-20(4-2)28(31)29(26)32/h8,10-19H,3-7,9H2,1-2H3. The third-order valence-corrected chi connectivity index (χ3v) is 6.61. The van der Waals surface area contributed by atoms with Crippen LogP contribution in [0.5, 0.6) is 0 Å². The predicted octanol–water partition coefficient (Wildman–Crippen LogP) is 8.98. The number of benzene rings is 3. The molecule has 166 valence electrons. The Morgan fingerprint density at radius 1 is 0.781 bits per heavy atom. The summed E-state index contributed by atoms with van der Waals surface area (Å²) >= 11 is 0. The zero-order valence-electron chi connectivity index (χ0n) is 18.7. The number of allylic oxidation sites excluding steroid dienone is 2. The van der Waals surface area contributed by atoms with Crippen molar-refractivity contribution in [2.75, 3.05) is 0 Å². The fourth-order valence-electron chi connectivity index (χ4n) is 4.68. The Hall–Kier alpha value is -2.81. The minimum atomic E-state index is -0.838. The lowest BCUT2D eigenvalue weighted by atomic mass is 9.84. The fourth-order valence-corrected chi connectivity index (χ4v) is 4.68. The Bertz CT molecular complexity index is 1130. The largest absolute Gasteiger partial charge is 0.206 e.